The number of carboxylic acid groups (broad SMARTS) is 1. The molecule has 2 rings (SSSR count). The van der Waals surface area contributed by atoms with Gasteiger partial charge in [0.15, 0.2) is 0 Å². The molecule has 0 saturated carbocycles. The molecule has 4 nitrogen and oxygen atoms in total. The Labute approximate surface area is 116 Å². The number of carbonyl (C=O) groups is 1. The van der Waals surface area contributed by atoms with E-state index in [1.807, 2.05) is 6.92 Å². The van der Waals surface area contributed by atoms with E-state index in [1.165, 1.54) is 30.5 Å². The molecule has 0 bridgehead atoms. The maximum Gasteiger partial charge on any atom is 0.335 e. The van der Waals surface area contributed by atoms with Gasteiger partial charge < -0.3 is 10.4 Å². The number of aromatic carboxylic acids is 1. The summed E-state index contributed by atoms with van der Waals surface area (Å²) in [7, 11) is 0. The van der Waals surface area contributed by atoms with E-state index >= 15 is 0 Å². The van der Waals surface area contributed by atoms with E-state index in [0.717, 1.165) is 5.56 Å². The molecule has 20 heavy (non-hydrogen) atoms. The molecule has 1 heterocycles. The Hall–Kier alpha value is -2.43. The van der Waals surface area contributed by atoms with Crippen LogP contribution in [0.15, 0.2) is 42.6 Å². The molecule has 0 aliphatic rings. The summed E-state index contributed by atoms with van der Waals surface area (Å²) in [5.41, 5.74) is 1.19. The van der Waals surface area contributed by atoms with Crippen molar-refractivity contribution in [2.24, 2.45) is 0 Å². The zero-order valence-electron chi connectivity index (χ0n) is 11.0. The van der Waals surface area contributed by atoms with Crippen LogP contribution in [0.4, 0.5) is 10.2 Å². The maximum absolute atomic E-state index is 12.8. The third kappa shape index (κ3) is 3.78. The molecule has 1 unspecified atom stereocenters. The number of hydrogen-bond donors (Lipinski definition) is 2. The molecule has 1 aromatic carbocycles. The van der Waals surface area contributed by atoms with Crippen LogP contribution in [0.5, 0.6) is 0 Å². The van der Waals surface area contributed by atoms with Crippen molar-refractivity contribution in [3.63, 3.8) is 0 Å². The monoisotopic (exact) mass is 274 g/mol. The highest BCUT2D eigenvalue weighted by Crippen LogP contribution is 2.11. The first-order valence-electron chi connectivity index (χ1n) is 6.25. The summed E-state index contributed by atoms with van der Waals surface area (Å²) < 4.78 is 12.8. The Morgan fingerprint density at radius 3 is 2.70 bits per heavy atom. The van der Waals surface area contributed by atoms with Gasteiger partial charge in [0.2, 0.25) is 0 Å². The van der Waals surface area contributed by atoms with Crippen molar-refractivity contribution in [1.29, 1.82) is 0 Å². The Bertz CT molecular complexity index is 599. The van der Waals surface area contributed by atoms with Crippen LogP contribution in [-0.2, 0) is 6.42 Å². The number of benzene rings is 1. The minimum atomic E-state index is -0.985. The van der Waals surface area contributed by atoms with Gasteiger partial charge in [-0.15, -0.1) is 0 Å². The van der Waals surface area contributed by atoms with Crippen LogP contribution >= 0.6 is 0 Å². The van der Waals surface area contributed by atoms with Crippen molar-refractivity contribution >= 4 is 11.8 Å². The molecule has 0 amide bonds. The van der Waals surface area contributed by atoms with Gasteiger partial charge in [-0.05, 0) is 43.2 Å². The lowest BCUT2D eigenvalue weighted by Gasteiger charge is -2.14. The largest absolute Gasteiger partial charge is 0.478 e. The van der Waals surface area contributed by atoms with E-state index in [-0.39, 0.29) is 17.4 Å². The predicted octanol–water partition coefficient (Wildman–Crippen LogP) is 2.96. The summed E-state index contributed by atoms with van der Waals surface area (Å²) in [5.74, 6) is -0.730. The molecule has 0 radical (unpaired) electrons. The van der Waals surface area contributed by atoms with Crippen LogP contribution in [0.3, 0.4) is 0 Å². The lowest BCUT2D eigenvalue weighted by atomic mass is 10.1. The van der Waals surface area contributed by atoms with Crippen molar-refractivity contribution in [2.45, 2.75) is 19.4 Å². The standard InChI is InChI=1S/C15H15FN2O2/c1-10(8-11-2-4-13(16)5-3-11)18-14-9-12(15(19)20)6-7-17-14/h2-7,9-10H,8H2,1H3,(H,17,18)(H,19,20). The minimum Gasteiger partial charge on any atom is -0.478 e. The number of nitrogens with zero attached hydrogens (tertiary/aromatic N) is 1. The predicted molar refractivity (Wildman–Crippen MR) is 74.4 cm³/mol. The maximum atomic E-state index is 12.8. The van der Waals surface area contributed by atoms with Gasteiger partial charge in [-0.3, -0.25) is 0 Å². The second-order valence-corrected chi connectivity index (χ2v) is 4.61. The number of carboxylic acids is 1. The van der Waals surface area contributed by atoms with Crippen molar-refractivity contribution in [3.05, 3.63) is 59.5 Å². The number of pyridine rings is 1. The summed E-state index contributed by atoms with van der Waals surface area (Å²) in [6.45, 7) is 1.96. The highest BCUT2D eigenvalue weighted by molar-refractivity contribution is 5.88. The number of aromatic nitrogens is 1. The van der Waals surface area contributed by atoms with Gasteiger partial charge in [-0.25, -0.2) is 14.2 Å². The van der Waals surface area contributed by atoms with Crippen LogP contribution < -0.4 is 5.32 Å². The number of halogens is 1. The van der Waals surface area contributed by atoms with Gasteiger partial charge in [-0.1, -0.05) is 12.1 Å². The topological polar surface area (TPSA) is 62.2 Å². The SMILES string of the molecule is CC(Cc1ccc(F)cc1)Nc1cc(C(=O)O)ccn1. The van der Waals surface area contributed by atoms with Crippen molar-refractivity contribution < 1.29 is 14.3 Å². The summed E-state index contributed by atoms with van der Waals surface area (Å²) in [5, 5.41) is 12.0. The lowest BCUT2D eigenvalue weighted by Crippen LogP contribution is -2.19. The highest BCUT2D eigenvalue weighted by atomic mass is 19.1. The van der Waals surface area contributed by atoms with Crippen molar-refractivity contribution in [2.75, 3.05) is 5.32 Å². The molecular formula is C15H15FN2O2. The Morgan fingerprint density at radius 2 is 2.05 bits per heavy atom. The molecule has 0 fully saturated rings. The third-order valence-electron chi connectivity index (χ3n) is 2.86. The van der Waals surface area contributed by atoms with Gasteiger partial charge in [-0.2, -0.15) is 0 Å². The smallest absolute Gasteiger partial charge is 0.335 e. The fraction of sp³-hybridized carbons (Fsp3) is 0.200. The van der Waals surface area contributed by atoms with E-state index < -0.39 is 5.97 Å². The van der Waals surface area contributed by atoms with E-state index in [1.54, 1.807) is 12.1 Å². The average molecular weight is 274 g/mol. The molecule has 0 aliphatic heterocycles. The second-order valence-electron chi connectivity index (χ2n) is 4.61. The van der Waals surface area contributed by atoms with Gasteiger partial charge in [0, 0.05) is 12.2 Å². The molecule has 2 N–H and O–H groups in total. The normalized spacial score (nSPS) is 11.9. The average Bonchev–Trinajstić information content (AvgIpc) is 2.41. The molecule has 0 saturated heterocycles. The molecule has 104 valence electrons. The van der Waals surface area contributed by atoms with Gasteiger partial charge >= 0.3 is 5.97 Å². The van der Waals surface area contributed by atoms with Crippen LogP contribution in [0.2, 0.25) is 0 Å². The summed E-state index contributed by atoms with van der Waals surface area (Å²) >= 11 is 0. The van der Waals surface area contributed by atoms with Crippen LogP contribution in [-0.4, -0.2) is 22.1 Å². The van der Waals surface area contributed by atoms with Crippen LogP contribution in [0, 0.1) is 5.82 Å². The summed E-state index contributed by atoms with van der Waals surface area (Å²) in [4.78, 5) is 15.0. The fourth-order valence-corrected chi connectivity index (χ4v) is 1.92. The second kappa shape index (κ2) is 6.14. The molecule has 0 spiro atoms. The van der Waals surface area contributed by atoms with Gasteiger partial charge in [0.05, 0.1) is 5.56 Å². The first kappa shape index (κ1) is 14.0. The number of nitrogens with one attached hydrogen (secondary N) is 1. The minimum absolute atomic E-state index is 0.0528. The Kier molecular flexibility index (Phi) is 4.30. The van der Waals surface area contributed by atoms with E-state index in [4.69, 9.17) is 5.11 Å². The van der Waals surface area contributed by atoms with Crippen molar-refractivity contribution in [3.8, 4) is 0 Å². The molecule has 5 heteroatoms. The molecule has 0 aliphatic carbocycles. The molecular weight excluding hydrogens is 259 g/mol. The van der Waals surface area contributed by atoms with Gasteiger partial charge in [0.1, 0.15) is 11.6 Å². The summed E-state index contributed by atoms with van der Waals surface area (Å²) in [6, 6.07) is 9.29. The first-order chi connectivity index (χ1) is 9.54. The molecule has 2 aromatic rings. The van der Waals surface area contributed by atoms with Crippen LogP contribution in [0.1, 0.15) is 22.8 Å². The zero-order valence-corrected chi connectivity index (χ0v) is 11.0. The Morgan fingerprint density at radius 1 is 1.35 bits per heavy atom. The van der Waals surface area contributed by atoms with Crippen molar-refractivity contribution in [1.82, 2.24) is 4.98 Å². The number of anilines is 1. The van der Waals surface area contributed by atoms with E-state index in [9.17, 15) is 9.18 Å². The molecule has 1 aromatic heterocycles. The first-order valence-corrected chi connectivity index (χ1v) is 6.25. The Balaban J connectivity index is 2.00. The highest BCUT2D eigenvalue weighted by Gasteiger charge is 2.07. The quantitative estimate of drug-likeness (QED) is 0.880. The van der Waals surface area contributed by atoms with Gasteiger partial charge in [0.25, 0.3) is 0 Å². The fourth-order valence-electron chi connectivity index (χ4n) is 1.92. The number of rotatable bonds is 5. The summed E-state index contributed by atoms with van der Waals surface area (Å²) in [6.07, 6.45) is 2.15. The lowest BCUT2D eigenvalue weighted by molar-refractivity contribution is 0.0697. The third-order valence-corrected chi connectivity index (χ3v) is 2.86. The van der Waals surface area contributed by atoms with E-state index in [2.05, 4.69) is 10.3 Å². The molecule has 1 atom stereocenters. The number of hydrogen-bond acceptors (Lipinski definition) is 3. The van der Waals surface area contributed by atoms with Crippen LogP contribution in [0.25, 0.3) is 0 Å². The van der Waals surface area contributed by atoms with E-state index in [0.29, 0.717) is 12.2 Å². The zero-order chi connectivity index (χ0) is 14.5.